The summed E-state index contributed by atoms with van der Waals surface area (Å²) in [5, 5.41) is 19.4. The zero-order valence-electron chi connectivity index (χ0n) is 10.3. The van der Waals surface area contributed by atoms with Crippen molar-refractivity contribution in [1.29, 1.82) is 0 Å². The molecule has 0 saturated carbocycles. The van der Waals surface area contributed by atoms with Crippen molar-refractivity contribution >= 4 is 5.82 Å². The van der Waals surface area contributed by atoms with Crippen LogP contribution in [0.3, 0.4) is 0 Å². The number of aliphatic hydroxyl groups is 2. The Balaban J connectivity index is 2.02. The van der Waals surface area contributed by atoms with Gasteiger partial charge in [0.15, 0.2) is 6.23 Å². The smallest absolute Gasteiger partial charge is 0.351 e. The number of nitrogens with two attached hydrogens (primary N) is 1. The van der Waals surface area contributed by atoms with Crippen LogP contribution >= 0.6 is 0 Å². The summed E-state index contributed by atoms with van der Waals surface area (Å²) in [4.78, 5) is 15.5. The van der Waals surface area contributed by atoms with E-state index in [4.69, 9.17) is 15.2 Å². The van der Waals surface area contributed by atoms with Gasteiger partial charge in [0.2, 0.25) is 0 Å². The second-order valence-corrected chi connectivity index (χ2v) is 4.95. The van der Waals surface area contributed by atoms with E-state index in [1.807, 2.05) is 0 Å². The standard InChI is InChI=1S/C11H15N3O5/c1-5-2-14(10(17)13-8(5)12)9-6-7(16)11(3-15,19-9)4-18-6/h2,6-7,9,15-16H,3-4H2,1H3,(H2,12,13,17)/t6?,7?,9?,11-/m0/s1. The molecule has 2 aliphatic heterocycles. The lowest BCUT2D eigenvalue weighted by Gasteiger charge is -2.29. The van der Waals surface area contributed by atoms with Crippen LogP contribution in [0.2, 0.25) is 0 Å². The normalized spacial score (nSPS) is 36.9. The van der Waals surface area contributed by atoms with E-state index < -0.39 is 29.7 Å². The van der Waals surface area contributed by atoms with Gasteiger partial charge in [0.25, 0.3) is 0 Å². The molecule has 3 unspecified atom stereocenters. The molecule has 19 heavy (non-hydrogen) atoms. The van der Waals surface area contributed by atoms with Crippen molar-refractivity contribution in [3.63, 3.8) is 0 Å². The predicted octanol–water partition coefficient (Wildman–Crippen LogP) is -1.85. The molecule has 3 rings (SSSR count). The van der Waals surface area contributed by atoms with Crippen molar-refractivity contribution < 1.29 is 19.7 Å². The first-order valence-electron chi connectivity index (χ1n) is 5.92. The first kappa shape index (κ1) is 12.5. The van der Waals surface area contributed by atoms with E-state index in [9.17, 15) is 15.0 Å². The van der Waals surface area contributed by atoms with Gasteiger partial charge in [-0.1, -0.05) is 0 Å². The number of fused-ring (bicyclic) bond motifs is 2. The Morgan fingerprint density at radius 1 is 1.68 bits per heavy atom. The van der Waals surface area contributed by atoms with E-state index in [-0.39, 0.29) is 19.0 Å². The molecular formula is C11H15N3O5. The zero-order valence-corrected chi connectivity index (χ0v) is 10.3. The summed E-state index contributed by atoms with van der Waals surface area (Å²) < 4.78 is 12.3. The highest BCUT2D eigenvalue weighted by molar-refractivity contribution is 5.35. The van der Waals surface area contributed by atoms with Crippen molar-refractivity contribution in [2.24, 2.45) is 0 Å². The van der Waals surface area contributed by atoms with Crippen LogP contribution in [0.15, 0.2) is 11.0 Å². The van der Waals surface area contributed by atoms with Gasteiger partial charge < -0.3 is 25.4 Å². The van der Waals surface area contributed by atoms with Gasteiger partial charge in [-0.15, -0.1) is 0 Å². The summed E-state index contributed by atoms with van der Waals surface area (Å²) in [6.07, 6.45) is -0.978. The molecule has 1 aromatic heterocycles. The van der Waals surface area contributed by atoms with Crippen LogP contribution in [0.1, 0.15) is 11.8 Å². The molecule has 8 nitrogen and oxygen atoms in total. The molecule has 0 spiro atoms. The molecule has 3 heterocycles. The Labute approximate surface area is 108 Å². The number of aliphatic hydroxyl groups excluding tert-OH is 2. The van der Waals surface area contributed by atoms with E-state index >= 15 is 0 Å². The maximum atomic E-state index is 11.8. The van der Waals surface area contributed by atoms with Crippen molar-refractivity contribution in [1.82, 2.24) is 9.55 Å². The van der Waals surface area contributed by atoms with Crippen molar-refractivity contribution in [2.45, 2.75) is 31.0 Å². The summed E-state index contributed by atoms with van der Waals surface area (Å²) in [7, 11) is 0. The molecule has 4 N–H and O–H groups in total. The number of hydrogen-bond acceptors (Lipinski definition) is 7. The van der Waals surface area contributed by atoms with E-state index in [1.165, 1.54) is 10.8 Å². The monoisotopic (exact) mass is 269 g/mol. The lowest BCUT2D eigenvalue weighted by molar-refractivity contribution is -0.187. The van der Waals surface area contributed by atoms with Gasteiger partial charge in [-0.25, -0.2) is 4.79 Å². The molecule has 8 heteroatoms. The second-order valence-electron chi connectivity index (χ2n) is 4.95. The topological polar surface area (TPSA) is 120 Å². The van der Waals surface area contributed by atoms with E-state index in [2.05, 4.69) is 4.98 Å². The average Bonchev–Trinajstić information content (AvgIpc) is 2.85. The molecule has 4 atom stereocenters. The Bertz CT molecular complexity index is 574. The predicted molar refractivity (Wildman–Crippen MR) is 63.3 cm³/mol. The second kappa shape index (κ2) is 4.01. The van der Waals surface area contributed by atoms with Crippen molar-refractivity contribution in [2.75, 3.05) is 18.9 Å². The molecular weight excluding hydrogens is 254 g/mol. The summed E-state index contributed by atoms with van der Waals surface area (Å²) in [6.45, 7) is 1.43. The minimum atomic E-state index is -1.16. The van der Waals surface area contributed by atoms with Crippen LogP contribution in [-0.2, 0) is 9.47 Å². The molecule has 2 saturated heterocycles. The van der Waals surface area contributed by atoms with E-state index in [1.54, 1.807) is 6.92 Å². The molecule has 2 fully saturated rings. The van der Waals surface area contributed by atoms with Crippen LogP contribution in [0, 0.1) is 6.92 Å². The molecule has 104 valence electrons. The van der Waals surface area contributed by atoms with Crippen molar-refractivity contribution in [3.8, 4) is 0 Å². The van der Waals surface area contributed by atoms with E-state index in [0.29, 0.717) is 5.56 Å². The third-order valence-corrected chi connectivity index (χ3v) is 3.72. The molecule has 1 aromatic rings. The number of aromatic nitrogens is 2. The summed E-state index contributed by atoms with van der Waals surface area (Å²) >= 11 is 0. The fourth-order valence-electron chi connectivity index (χ4n) is 2.52. The Kier molecular flexibility index (Phi) is 2.65. The fraction of sp³-hybridized carbons (Fsp3) is 0.636. The molecule has 0 radical (unpaired) electrons. The molecule has 0 aromatic carbocycles. The number of ether oxygens (including phenoxy) is 2. The van der Waals surface area contributed by atoms with Crippen LogP contribution in [-0.4, -0.2) is 50.8 Å². The molecule has 2 aliphatic rings. The van der Waals surface area contributed by atoms with Crippen molar-refractivity contribution in [3.05, 3.63) is 22.2 Å². The first-order chi connectivity index (χ1) is 8.98. The number of hydrogen-bond donors (Lipinski definition) is 3. The highest BCUT2D eigenvalue weighted by Gasteiger charge is 2.61. The Morgan fingerprint density at radius 3 is 3.05 bits per heavy atom. The number of anilines is 1. The zero-order chi connectivity index (χ0) is 13.8. The van der Waals surface area contributed by atoms with E-state index in [0.717, 1.165) is 0 Å². The van der Waals surface area contributed by atoms with Gasteiger partial charge in [0.1, 0.15) is 23.6 Å². The largest absolute Gasteiger partial charge is 0.393 e. The van der Waals surface area contributed by atoms with Crippen LogP contribution < -0.4 is 11.4 Å². The van der Waals surface area contributed by atoms with Gasteiger partial charge in [-0.2, -0.15) is 4.98 Å². The van der Waals surface area contributed by atoms with Crippen LogP contribution in [0.4, 0.5) is 5.82 Å². The Morgan fingerprint density at radius 2 is 2.42 bits per heavy atom. The number of aryl methyl sites for hydroxylation is 1. The maximum Gasteiger partial charge on any atom is 0.351 e. The summed E-state index contributed by atoms with van der Waals surface area (Å²) in [5.41, 5.74) is 4.44. The lowest BCUT2D eigenvalue weighted by Crippen LogP contribution is -2.44. The van der Waals surface area contributed by atoms with Crippen LogP contribution in [0.5, 0.6) is 0 Å². The number of nitrogen functional groups attached to an aromatic ring is 1. The third kappa shape index (κ3) is 1.61. The quantitative estimate of drug-likeness (QED) is 0.576. The van der Waals surface area contributed by atoms with Gasteiger partial charge >= 0.3 is 5.69 Å². The Hall–Kier alpha value is -1.48. The minimum absolute atomic E-state index is 0.0992. The van der Waals surface area contributed by atoms with Gasteiger partial charge in [-0.05, 0) is 6.92 Å². The highest BCUT2D eigenvalue weighted by Crippen LogP contribution is 2.44. The van der Waals surface area contributed by atoms with Gasteiger partial charge in [0, 0.05) is 11.8 Å². The summed E-state index contributed by atoms with van der Waals surface area (Å²) in [5.74, 6) is 0.155. The first-order valence-corrected chi connectivity index (χ1v) is 5.92. The van der Waals surface area contributed by atoms with Gasteiger partial charge in [0.05, 0.1) is 13.2 Å². The summed E-state index contributed by atoms with van der Waals surface area (Å²) in [6, 6.07) is 0. The van der Waals surface area contributed by atoms with Crippen LogP contribution in [0.25, 0.3) is 0 Å². The number of rotatable bonds is 2. The maximum absolute atomic E-state index is 11.8. The average molecular weight is 269 g/mol. The molecule has 0 aliphatic carbocycles. The minimum Gasteiger partial charge on any atom is -0.393 e. The lowest BCUT2D eigenvalue weighted by atomic mass is 10.0. The van der Waals surface area contributed by atoms with Gasteiger partial charge in [-0.3, -0.25) is 4.57 Å². The third-order valence-electron chi connectivity index (χ3n) is 3.72. The fourth-order valence-corrected chi connectivity index (χ4v) is 2.52. The molecule has 2 bridgehead atoms. The molecule has 0 amide bonds. The number of nitrogens with zero attached hydrogens (tertiary/aromatic N) is 2. The highest BCUT2D eigenvalue weighted by atomic mass is 16.7. The SMILES string of the molecule is Cc1cn(C2O[C@@]3(CO)COC2C3O)c(=O)nc1N.